The minimum Gasteiger partial charge on any atom is -0.375 e. The molecule has 2 fully saturated rings. The zero-order chi connectivity index (χ0) is 13.0. The van der Waals surface area contributed by atoms with Crippen molar-refractivity contribution < 1.29 is 9.47 Å². The largest absolute Gasteiger partial charge is 0.375 e. The van der Waals surface area contributed by atoms with E-state index in [9.17, 15) is 0 Å². The summed E-state index contributed by atoms with van der Waals surface area (Å²) in [6.07, 6.45) is 3.03. The normalized spacial score (nSPS) is 30.8. The molecule has 2 heterocycles. The Morgan fingerprint density at radius 2 is 1.94 bits per heavy atom. The molecule has 0 aromatic carbocycles. The van der Waals surface area contributed by atoms with Crippen molar-refractivity contribution in [1.29, 1.82) is 0 Å². The van der Waals surface area contributed by atoms with Gasteiger partial charge in [0.15, 0.2) is 0 Å². The molecule has 0 amide bonds. The fourth-order valence-corrected chi connectivity index (χ4v) is 3.50. The van der Waals surface area contributed by atoms with E-state index in [-0.39, 0.29) is 0 Å². The second-order valence-electron chi connectivity index (χ2n) is 6.22. The van der Waals surface area contributed by atoms with Crippen LogP contribution in [-0.4, -0.2) is 60.5 Å². The summed E-state index contributed by atoms with van der Waals surface area (Å²) in [6.45, 7) is 11.9. The lowest BCUT2D eigenvalue weighted by Gasteiger charge is -2.35. The van der Waals surface area contributed by atoms with Gasteiger partial charge in [-0.2, -0.15) is 11.8 Å². The molecule has 0 unspecified atom stereocenters. The molecule has 2 rings (SSSR count). The van der Waals surface area contributed by atoms with Crippen LogP contribution in [-0.2, 0) is 9.47 Å². The molecule has 2 atom stereocenters. The summed E-state index contributed by atoms with van der Waals surface area (Å²) in [7, 11) is 0. The highest BCUT2D eigenvalue weighted by atomic mass is 32.2. The fourth-order valence-electron chi connectivity index (χ4n) is 2.54. The van der Waals surface area contributed by atoms with E-state index in [4.69, 9.17) is 9.47 Å². The van der Waals surface area contributed by atoms with Crippen molar-refractivity contribution in [3.8, 4) is 0 Å². The van der Waals surface area contributed by atoms with Gasteiger partial charge in [-0.05, 0) is 12.8 Å². The topological polar surface area (TPSA) is 21.7 Å². The maximum absolute atomic E-state index is 5.87. The second-order valence-corrected chi connectivity index (χ2v) is 8.14. The number of hydrogen-bond acceptors (Lipinski definition) is 4. The SMILES string of the molecule is CC(C)(C)SCCN1CCO[C@H]([C@H]2CCCO2)C1. The number of nitrogens with zero attached hydrogens (tertiary/aromatic N) is 1. The lowest BCUT2D eigenvalue weighted by atomic mass is 10.1. The zero-order valence-corrected chi connectivity index (χ0v) is 12.8. The standard InChI is InChI=1S/C14H27NO2S/c1-14(2,3)18-10-7-15-6-9-17-13(11-15)12-5-4-8-16-12/h12-13H,4-11H2,1-3H3/t12-,13+/m1/s1. The molecule has 0 spiro atoms. The third-order valence-corrected chi connectivity index (χ3v) is 4.75. The van der Waals surface area contributed by atoms with Gasteiger partial charge >= 0.3 is 0 Å². The van der Waals surface area contributed by atoms with Gasteiger partial charge in [-0.1, -0.05) is 20.8 Å². The molecule has 2 aliphatic heterocycles. The molecule has 106 valence electrons. The van der Waals surface area contributed by atoms with Crippen LogP contribution in [0.1, 0.15) is 33.6 Å². The Morgan fingerprint density at radius 3 is 2.61 bits per heavy atom. The number of ether oxygens (including phenoxy) is 2. The summed E-state index contributed by atoms with van der Waals surface area (Å²) in [5.41, 5.74) is 0. The third-order valence-electron chi connectivity index (χ3n) is 3.50. The van der Waals surface area contributed by atoms with Gasteiger partial charge in [-0.3, -0.25) is 4.90 Å². The molecule has 18 heavy (non-hydrogen) atoms. The predicted molar refractivity (Wildman–Crippen MR) is 77.4 cm³/mol. The first-order valence-corrected chi connectivity index (χ1v) is 8.13. The summed E-state index contributed by atoms with van der Waals surface area (Å²) in [5, 5.41) is 0. The quantitative estimate of drug-likeness (QED) is 0.784. The smallest absolute Gasteiger partial charge is 0.0963 e. The van der Waals surface area contributed by atoms with Crippen LogP contribution in [0.3, 0.4) is 0 Å². The first-order valence-electron chi connectivity index (χ1n) is 7.14. The van der Waals surface area contributed by atoms with Crippen LogP contribution < -0.4 is 0 Å². The summed E-state index contributed by atoms with van der Waals surface area (Å²) in [5.74, 6) is 1.21. The van der Waals surface area contributed by atoms with E-state index >= 15 is 0 Å². The van der Waals surface area contributed by atoms with Crippen molar-refractivity contribution >= 4 is 11.8 Å². The molecule has 0 aliphatic carbocycles. The van der Waals surface area contributed by atoms with E-state index in [1.165, 1.54) is 25.1 Å². The maximum atomic E-state index is 5.87. The van der Waals surface area contributed by atoms with Crippen molar-refractivity contribution in [3.05, 3.63) is 0 Å². The Morgan fingerprint density at radius 1 is 1.17 bits per heavy atom. The van der Waals surface area contributed by atoms with Crippen LogP contribution in [0.25, 0.3) is 0 Å². The molecule has 4 heteroatoms. The van der Waals surface area contributed by atoms with Crippen molar-refractivity contribution in [3.63, 3.8) is 0 Å². The van der Waals surface area contributed by atoms with Crippen LogP contribution in [0.4, 0.5) is 0 Å². The lowest BCUT2D eigenvalue weighted by Crippen LogP contribution is -2.48. The monoisotopic (exact) mass is 273 g/mol. The predicted octanol–water partition coefficient (Wildman–Crippen LogP) is 2.40. The molecular weight excluding hydrogens is 246 g/mol. The third kappa shape index (κ3) is 4.72. The van der Waals surface area contributed by atoms with Gasteiger partial charge < -0.3 is 9.47 Å². The fraction of sp³-hybridized carbons (Fsp3) is 1.00. The minimum absolute atomic E-state index is 0.306. The Hall–Kier alpha value is 0.230. The molecule has 2 saturated heterocycles. The van der Waals surface area contributed by atoms with Crippen molar-refractivity contribution in [2.45, 2.75) is 50.6 Å². The first kappa shape index (κ1) is 14.6. The molecule has 0 N–H and O–H groups in total. The van der Waals surface area contributed by atoms with Crippen LogP contribution in [0.15, 0.2) is 0 Å². The highest BCUT2D eigenvalue weighted by molar-refractivity contribution is 8.00. The van der Waals surface area contributed by atoms with E-state index in [1.807, 2.05) is 11.8 Å². The molecule has 3 nitrogen and oxygen atoms in total. The number of hydrogen-bond donors (Lipinski definition) is 0. The summed E-state index contributed by atoms with van der Waals surface area (Å²) in [6, 6.07) is 0. The van der Waals surface area contributed by atoms with E-state index in [0.717, 1.165) is 26.3 Å². The lowest BCUT2D eigenvalue weighted by molar-refractivity contribution is -0.0930. The maximum Gasteiger partial charge on any atom is 0.0963 e. The van der Waals surface area contributed by atoms with Gasteiger partial charge in [-0.25, -0.2) is 0 Å². The Bertz CT molecular complexity index is 249. The zero-order valence-electron chi connectivity index (χ0n) is 12.0. The highest BCUT2D eigenvalue weighted by Crippen LogP contribution is 2.24. The van der Waals surface area contributed by atoms with Crippen LogP contribution >= 0.6 is 11.8 Å². The van der Waals surface area contributed by atoms with Gasteiger partial charge in [0.2, 0.25) is 0 Å². The van der Waals surface area contributed by atoms with Gasteiger partial charge in [0.1, 0.15) is 0 Å². The minimum atomic E-state index is 0.306. The molecule has 0 aromatic rings. The van der Waals surface area contributed by atoms with Gasteiger partial charge in [0.25, 0.3) is 0 Å². The molecule has 0 aromatic heterocycles. The molecule has 0 bridgehead atoms. The number of rotatable bonds is 4. The Kier molecular flexibility index (Phi) is 5.36. The van der Waals surface area contributed by atoms with Crippen molar-refractivity contribution in [2.24, 2.45) is 0 Å². The average Bonchev–Trinajstić information content (AvgIpc) is 2.81. The molecular formula is C14H27NO2S. The van der Waals surface area contributed by atoms with Gasteiger partial charge in [0, 0.05) is 36.7 Å². The Balaban J connectivity index is 1.69. The van der Waals surface area contributed by atoms with E-state index in [1.54, 1.807) is 0 Å². The molecule has 0 saturated carbocycles. The first-order chi connectivity index (χ1) is 8.54. The molecule has 2 aliphatic rings. The average molecular weight is 273 g/mol. The van der Waals surface area contributed by atoms with Crippen LogP contribution in [0.2, 0.25) is 0 Å². The van der Waals surface area contributed by atoms with Crippen LogP contribution in [0, 0.1) is 0 Å². The number of morpholine rings is 1. The Labute approximate surface area is 116 Å². The van der Waals surface area contributed by atoms with Crippen molar-refractivity contribution in [2.75, 3.05) is 38.6 Å². The van der Waals surface area contributed by atoms with Crippen molar-refractivity contribution in [1.82, 2.24) is 4.90 Å². The van der Waals surface area contributed by atoms with E-state index < -0.39 is 0 Å². The number of thioether (sulfide) groups is 1. The summed E-state index contributed by atoms with van der Waals surface area (Å²) >= 11 is 2.05. The van der Waals surface area contributed by atoms with Gasteiger partial charge in [0.05, 0.1) is 18.8 Å². The summed E-state index contributed by atoms with van der Waals surface area (Å²) in [4.78, 5) is 2.54. The van der Waals surface area contributed by atoms with E-state index in [2.05, 4.69) is 25.7 Å². The molecule has 0 radical (unpaired) electrons. The van der Waals surface area contributed by atoms with Crippen LogP contribution in [0.5, 0.6) is 0 Å². The highest BCUT2D eigenvalue weighted by Gasteiger charge is 2.30. The summed E-state index contributed by atoms with van der Waals surface area (Å²) < 4.78 is 12.0. The van der Waals surface area contributed by atoms with Gasteiger partial charge in [-0.15, -0.1) is 0 Å². The second kappa shape index (κ2) is 6.60. The van der Waals surface area contributed by atoms with E-state index in [0.29, 0.717) is 17.0 Å².